The van der Waals surface area contributed by atoms with E-state index in [9.17, 15) is 10.2 Å². The lowest BCUT2D eigenvalue weighted by atomic mass is 10.0. The molecule has 0 aromatic heterocycles. The Hall–Kier alpha value is -1.57. The maximum Gasteiger partial charge on any atom is 0.145 e. The van der Waals surface area contributed by atoms with Crippen LogP contribution in [0.4, 0.5) is 0 Å². The summed E-state index contributed by atoms with van der Waals surface area (Å²) in [4.78, 5) is 0. The second kappa shape index (κ2) is 19.5. The van der Waals surface area contributed by atoms with E-state index >= 15 is 0 Å². The number of ether oxygens (including phenoxy) is 4. The van der Waals surface area contributed by atoms with Crippen molar-refractivity contribution in [3.05, 3.63) is 35.4 Å². The van der Waals surface area contributed by atoms with E-state index in [1.54, 1.807) is 6.07 Å². The Balaban J connectivity index is 1.83. The molecule has 0 heterocycles. The fourth-order valence-corrected chi connectivity index (χ4v) is 4.71. The van der Waals surface area contributed by atoms with E-state index in [1.807, 2.05) is 24.3 Å². The predicted molar refractivity (Wildman–Crippen MR) is 160 cm³/mol. The van der Waals surface area contributed by atoms with E-state index in [2.05, 4.69) is 27.7 Å². The molecular formula is C32H51ClO6. The molecule has 0 aliphatic heterocycles. The number of halogens is 1. The Morgan fingerprint density at radius 1 is 0.692 bits per heavy atom. The summed E-state index contributed by atoms with van der Waals surface area (Å²) in [6, 6.07) is 9.29. The quantitative estimate of drug-likeness (QED) is 0.154. The molecule has 2 aromatic rings. The van der Waals surface area contributed by atoms with Crippen molar-refractivity contribution in [3.8, 4) is 11.5 Å². The summed E-state index contributed by atoms with van der Waals surface area (Å²) in [6.07, 6.45) is 7.83. The van der Waals surface area contributed by atoms with Crippen LogP contribution in [-0.2, 0) is 9.47 Å². The minimum Gasteiger partial charge on any atom is -0.491 e. The summed E-state index contributed by atoms with van der Waals surface area (Å²) in [7, 11) is 0. The third-order valence-corrected chi connectivity index (χ3v) is 7.47. The van der Waals surface area contributed by atoms with E-state index in [0.717, 1.165) is 36.5 Å². The molecule has 4 unspecified atom stereocenters. The molecule has 4 atom stereocenters. The summed E-state index contributed by atoms with van der Waals surface area (Å²) in [5.41, 5.74) is 0. The van der Waals surface area contributed by atoms with Gasteiger partial charge in [-0.2, -0.15) is 0 Å². The van der Waals surface area contributed by atoms with Crippen LogP contribution < -0.4 is 9.47 Å². The first-order valence-corrected chi connectivity index (χ1v) is 15.3. The van der Waals surface area contributed by atoms with E-state index in [0.29, 0.717) is 41.6 Å². The summed E-state index contributed by atoms with van der Waals surface area (Å²) in [6.45, 7) is 10.8. The van der Waals surface area contributed by atoms with Crippen molar-refractivity contribution >= 4 is 22.4 Å². The minimum absolute atomic E-state index is 0.0896. The lowest BCUT2D eigenvalue weighted by Gasteiger charge is -2.18. The second-order valence-electron chi connectivity index (χ2n) is 10.6. The van der Waals surface area contributed by atoms with Gasteiger partial charge in [-0.25, -0.2) is 0 Å². The van der Waals surface area contributed by atoms with Crippen LogP contribution in [-0.4, -0.2) is 62.1 Å². The van der Waals surface area contributed by atoms with E-state index in [4.69, 9.17) is 30.5 Å². The molecule has 7 heteroatoms. The first-order valence-electron chi connectivity index (χ1n) is 14.9. The molecule has 2 aromatic carbocycles. The molecule has 0 spiro atoms. The smallest absolute Gasteiger partial charge is 0.145 e. The fourth-order valence-electron chi connectivity index (χ4n) is 4.50. The van der Waals surface area contributed by atoms with Crippen LogP contribution in [0, 0.1) is 11.8 Å². The highest BCUT2D eigenvalue weighted by molar-refractivity contribution is 6.33. The highest BCUT2D eigenvalue weighted by Crippen LogP contribution is 2.35. The SMILES string of the molecule is CCCCC(CC)COCC(O)COc1ccc2c(OCC(O)COCC(CC)CCCC)c(Cl)ccc2c1. The largest absolute Gasteiger partial charge is 0.491 e. The van der Waals surface area contributed by atoms with Gasteiger partial charge in [0.25, 0.3) is 0 Å². The topological polar surface area (TPSA) is 77.4 Å². The van der Waals surface area contributed by atoms with Crippen molar-refractivity contribution in [2.24, 2.45) is 11.8 Å². The predicted octanol–water partition coefficient (Wildman–Crippen LogP) is 7.44. The van der Waals surface area contributed by atoms with Gasteiger partial charge < -0.3 is 29.2 Å². The molecule has 0 aliphatic carbocycles. The number of aliphatic hydroxyl groups is 2. The average molecular weight is 567 g/mol. The molecule has 0 aliphatic rings. The van der Waals surface area contributed by atoms with Crippen LogP contribution in [0.1, 0.15) is 79.1 Å². The van der Waals surface area contributed by atoms with Gasteiger partial charge in [0, 0.05) is 18.6 Å². The number of aliphatic hydroxyl groups excluding tert-OH is 2. The van der Waals surface area contributed by atoms with Crippen molar-refractivity contribution in [2.75, 3.05) is 39.6 Å². The van der Waals surface area contributed by atoms with Crippen molar-refractivity contribution in [2.45, 2.75) is 91.3 Å². The molecule has 2 N–H and O–H groups in total. The number of unbranched alkanes of at least 4 members (excludes halogenated alkanes) is 2. The summed E-state index contributed by atoms with van der Waals surface area (Å²) in [5.74, 6) is 2.24. The van der Waals surface area contributed by atoms with E-state index in [-0.39, 0.29) is 26.4 Å². The molecule has 39 heavy (non-hydrogen) atoms. The summed E-state index contributed by atoms with van der Waals surface area (Å²) in [5, 5.41) is 22.9. The third kappa shape index (κ3) is 12.6. The van der Waals surface area contributed by atoms with Crippen molar-refractivity contribution in [1.29, 1.82) is 0 Å². The van der Waals surface area contributed by atoms with Gasteiger partial charge in [0.2, 0.25) is 0 Å². The Morgan fingerprint density at radius 3 is 1.79 bits per heavy atom. The zero-order chi connectivity index (χ0) is 28.5. The van der Waals surface area contributed by atoms with E-state index < -0.39 is 12.2 Å². The number of benzene rings is 2. The van der Waals surface area contributed by atoms with Crippen molar-refractivity contribution < 1.29 is 29.2 Å². The third-order valence-electron chi connectivity index (χ3n) is 7.17. The van der Waals surface area contributed by atoms with Crippen LogP contribution in [0.5, 0.6) is 11.5 Å². The van der Waals surface area contributed by atoms with Gasteiger partial charge in [0.05, 0.1) is 18.2 Å². The number of fused-ring (bicyclic) bond motifs is 1. The standard InChI is InChI=1S/C32H51ClO6/c1-5-9-11-24(7-3)18-36-20-27(34)22-38-29-14-15-30-26(17-29)13-16-31(33)32(30)39-23-28(35)21-37-19-25(8-4)12-10-6-2/h13-17,24-25,27-28,34-35H,5-12,18-23H2,1-4H3. The zero-order valence-electron chi connectivity index (χ0n) is 24.5. The van der Waals surface area contributed by atoms with Crippen LogP contribution >= 0.6 is 11.6 Å². The summed E-state index contributed by atoms with van der Waals surface area (Å²) >= 11 is 6.44. The Bertz CT molecular complexity index is 923. The molecule has 0 saturated carbocycles. The lowest BCUT2D eigenvalue weighted by Crippen LogP contribution is -2.25. The van der Waals surface area contributed by atoms with Crippen molar-refractivity contribution in [3.63, 3.8) is 0 Å². The molecule has 222 valence electrons. The van der Waals surface area contributed by atoms with Gasteiger partial charge in [-0.1, -0.05) is 83.9 Å². The Labute approximate surface area is 240 Å². The fraction of sp³-hybridized carbons (Fsp3) is 0.688. The molecule has 0 radical (unpaired) electrons. The molecule has 6 nitrogen and oxygen atoms in total. The molecule has 0 saturated heterocycles. The minimum atomic E-state index is -0.745. The van der Waals surface area contributed by atoms with Crippen LogP contribution in [0.15, 0.2) is 30.3 Å². The van der Waals surface area contributed by atoms with Gasteiger partial charge in [-0.3, -0.25) is 0 Å². The average Bonchev–Trinajstić information content (AvgIpc) is 2.94. The van der Waals surface area contributed by atoms with Gasteiger partial charge in [0.1, 0.15) is 36.9 Å². The summed E-state index contributed by atoms with van der Waals surface area (Å²) < 4.78 is 23.3. The highest BCUT2D eigenvalue weighted by atomic mass is 35.5. The van der Waals surface area contributed by atoms with Crippen LogP contribution in [0.25, 0.3) is 10.8 Å². The molecule has 0 fully saturated rings. The highest BCUT2D eigenvalue weighted by Gasteiger charge is 2.14. The van der Waals surface area contributed by atoms with Crippen molar-refractivity contribution in [1.82, 2.24) is 0 Å². The first-order chi connectivity index (χ1) is 18.9. The van der Waals surface area contributed by atoms with Crippen LogP contribution in [0.2, 0.25) is 5.02 Å². The maximum atomic E-state index is 10.4. The zero-order valence-corrected chi connectivity index (χ0v) is 25.3. The van der Waals surface area contributed by atoms with E-state index in [1.165, 1.54) is 25.7 Å². The monoisotopic (exact) mass is 566 g/mol. The molecule has 0 amide bonds. The van der Waals surface area contributed by atoms with Gasteiger partial charge in [-0.05, 0) is 54.3 Å². The first kappa shape index (κ1) is 33.6. The number of hydrogen-bond acceptors (Lipinski definition) is 6. The molecular weight excluding hydrogens is 516 g/mol. The Morgan fingerprint density at radius 2 is 1.26 bits per heavy atom. The van der Waals surface area contributed by atoms with Gasteiger partial charge >= 0.3 is 0 Å². The lowest BCUT2D eigenvalue weighted by molar-refractivity contribution is -0.00110. The number of hydrogen-bond donors (Lipinski definition) is 2. The second-order valence-corrected chi connectivity index (χ2v) is 11.0. The van der Waals surface area contributed by atoms with Gasteiger partial charge in [0.15, 0.2) is 0 Å². The Kier molecular flexibility index (Phi) is 16.8. The normalized spacial score (nSPS) is 14.7. The molecule has 0 bridgehead atoms. The van der Waals surface area contributed by atoms with Crippen LogP contribution in [0.3, 0.4) is 0 Å². The maximum absolute atomic E-state index is 10.4. The number of rotatable bonds is 22. The van der Waals surface area contributed by atoms with Gasteiger partial charge in [-0.15, -0.1) is 0 Å². The molecule has 2 rings (SSSR count).